The molecule has 0 aliphatic carbocycles. The van der Waals surface area contributed by atoms with Gasteiger partial charge >= 0.3 is 0 Å². The Bertz CT molecular complexity index is 568. The SMILES string of the molecule is COc1cc(Cl)c(Cl)c(Cl)c1-n1cccc1Br. The Morgan fingerprint density at radius 1 is 1.24 bits per heavy atom. The Kier molecular flexibility index (Phi) is 3.93. The number of aromatic nitrogens is 1. The molecule has 1 aromatic carbocycles. The fourth-order valence-electron chi connectivity index (χ4n) is 1.49. The molecule has 0 saturated heterocycles. The van der Waals surface area contributed by atoms with Crippen LogP contribution in [-0.4, -0.2) is 11.7 Å². The van der Waals surface area contributed by atoms with Crippen LogP contribution in [0.15, 0.2) is 29.0 Å². The minimum Gasteiger partial charge on any atom is -0.494 e. The van der Waals surface area contributed by atoms with Crippen LogP contribution >= 0.6 is 50.7 Å². The highest BCUT2D eigenvalue weighted by Gasteiger charge is 2.17. The molecule has 0 radical (unpaired) electrons. The molecule has 0 N–H and O–H groups in total. The summed E-state index contributed by atoms with van der Waals surface area (Å²) in [5, 5.41) is 1.03. The van der Waals surface area contributed by atoms with Gasteiger partial charge in [0.1, 0.15) is 11.4 Å². The highest BCUT2D eigenvalue weighted by Crippen LogP contribution is 2.42. The number of halogens is 4. The number of rotatable bonds is 2. The summed E-state index contributed by atoms with van der Waals surface area (Å²) in [6.45, 7) is 0. The summed E-state index contributed by atoms with van der Waals surface area (Å²) in [5.74, 6) is 0.557. The third kappa shape index (κ3) is 2.29. The molecule has 1 heterocycles. The third-order valence-electron chi connectivity index (χ3n) is 2.26. The van der Waals surface area contributed by atoms with Crippen molar-refractivity contribution in [3.63, 3.8) is 0 Å². The fourth-order valence-corrected chi connectivity index (χ4v) is 2.61. The van der Waals surface area contributed by atoms with E-state index >= 15 is 0 Å². The molecule has 17 heavy (non-hydrogen) atoms. The summed E-state index contributed by atoms with van der Waals surface area (Å²) >= 11 is 21.6. The number of benzene rings is 1. The molecule has 0 aliphatic rings. The highest BCUT2D eigenvalue weighted by molar-refractivity contribution is 9.10. The summed E-state index contributed by atoms with van der Waals surface area (Å²) in [4.78, 5) is 0. The Morgan fingerprint density at radius 2 is 1.94 bits per heavy atom. The summed E-state index contributed by atoms with van der Waals surface area (Å²) in [6.07, 6.45) is 1.85. The quantitative estimate of drug-likeness (QED) is 0.675. The van der Waals surface area contributed by atoms with Gasteiger partial charge in [0, 0.05) is 12.3 Å². The van der Waals surface area contributed by atoms with Gasteiger partial charge in [0.25, 0.3) is 0 Å². The van der Waals surface area contributed by atoms with Crippen LogP contribution in [0.2, 0.25) is 15.1 Å². The van der Waals surface area contributed by atoms with Gasteiger partial charge in [-0.25, -0.2) is 0 Å². The molecule has 0 spiro atoms. The predicted octanol–water partition coefficient (Wildman–Crippen LogP) is 5.21. The molecule has 0 unspecified atom stereocenters. The van der Waals surface area contributed by atoms with Crippen LogP contribution in [0.5, 0.6) is 5.75 Å². The van der Waals surface area contributed by atoms with Gasteiger partial charge in [-0.3, -0.25) is 0 Å². The van der Waals surface area contributed by atoms with E-state index in [0.29, 0.717) is 26.5 Å². The van der Waals surface area contributed by atoms with E-state index < -0.39 is 0 Å². The van der Waals surface area contributed by atoms with Crippen LogP contribution in [0.3, 0.4) is 0 Å². The van der Waals surface area contributed by atoms with Crippen molar-refractivity contribution in [3.8, 4) is 11.4 Å². The van der Waals surface area contributed by atoms with E-state index in [-0.39, 0.29) is 0 Å². The van der Waals surface area contributed by atoms with Crippen molar-refractivity contribution < 1.29 is 4.74 Å². The average molecular weight is 355 g/mol. The van der Waals surface area contributed by atoms with Crippen molar-refractivity contribution in [2.75, 3.05) is 7.11 Å². The second kappa shape index (κ2) is 5.11. The van der Waals surface area contributed by atoms with Gasteiger partial charge in [0.2, 0.25) is 0 Å². The topological polar surface area (TPSA) is 14.2 Å². The maximum Gasteiger partial charge on any atom is 0.146 e. The number of methoxy groups -OCH3 is 1. The van der Waals surface area contributed by atoms with Crippen molar-refractivity contribution in [1.82, 2.24) is 4.57 Å². The minimum absolute atomic E-state index is 0.310. The van der Waals surface area contributed by atoms with Crippen LogP contribution in [-0.2, 0) is 0 Å². The Labute approximate surface area is 122 Å². The van der Waals surface area contributed by atoms with E-state index in [9.17, 15) is 0 Å². The molecule has 0 amide bonds. The number of nitrogens with zero attached hydrogens (tertiary/aromatic N) is 1. The van der Waals surface area contributed by atoms with Crippen LogP contribution < -0.4 is 4.74 Å². The van der Waals surface area contributed by atoms with E-state index in [4.69, 9.17) is 39.5 Å². The second-order valence-electron chi connectivity index (χ2n) is 3.24. The van der Waals surface area contributed by atoms with Gasteiger partial charge in [0.15, 0.2) is 0 Å². The summed E-state index contributed by atoms with van der Waals surface area (Å²) in [7, 11) is 1.55. The van der Waals surface area contributed by atoms with E-state index in [1.54, 1.807) is 13.2 Å². The molecule has 0 atom stereocenters. The number of ether oxygens (including phenoxy) is 1. The fraction of sp³-hybridized carbons (Fsp3) is 0.0909. The lowest BCUT2D eigenvalue weighted by atomic mass is 10.3. The average Bonchev–Trinajstić information content (AvgIpc) is 2.72. The first-order chi connectivity index (χ1) is 8.06. The smallest absolute Gasteiger partial charge is 0.146 e. The molecule has 0 bridgehead atoms. The highest BCUT2D eigenvalue weighted by atomic mass is 79.9. The van der Waals surface area contributed by atoms with Crippen molar-refractivity contribution in [2.24, 2.45) is 0 Å². The molecule has 90 valence electrons. The zero-order chi connectivity index (χ0) is 12.6. The first-order valence-corrected chi connectivity index (χ1v) is 6.53. The van der Waals surface area contributed by atoms with Gasteiger partial charge in [-0.15, -0.1) is 0 Å². The van der Waals surface area contributed by atoms with Gasteiger partial charge in [-0.05, 0) is 28.1 Å². The predicted molar refractivity (Wildman–Crippen MR) is 75.1 cm³/mol. The second-order valence-corrected chi connectivity index (χ2v) is 5.21. The maximum absolute atomic E-state index is 6.21. The zero-order valence-corrected chi connectivity index (χ0v) is 12.5. The Hall–Kier alpha value is -0.350. The Balaban J connectivity index is 2.76. The summed E-state index contributed by atoms with van der Waals surface area (Å²) in [5.41, 5.74) is 0.653. The Morgan fingerprint density at radius 3 is 2.47 bits per heavy atom. The lowest BCUT2D eigenvalue weighted by Crippen LogP contribution is -1.99. The lowest BCUT2D eigenvalue weighted by molar-refractivity contribution is 0.413. The minimum atomic E-state index is 0.310. The molecule has 0 fully saturated rings. The van der Waals surface area contributed by atoms with Crippen molar-refractivity contribution in [1.29, 1.82) is 0 Å². The van der Waals surface area contributed by atoms with E-state index in [1.807, 2.05) is 22.9 Å². The van der Waals surface area contributed by atoms with E-state index in [1.165, 1.54) is 0 Å². The summed E-state index contributed by atoms with van der Waals surface area (Å²) < 4.78 is 7.94. The van der Waals surface area contributed by atoms with E-state index in [0.717, 1.165) is 4.60 Å². The molecule has 2 nitrogen and oxygen atoms in total. The monoisotopic (exact) mass is 353 g/mol. The first-order valence-electron chi connectivity index (χ1n) is 4.61. The number of hydrogen-bond acceptors (Lipinski definition) is 1. The normalized spacial score (nSPS) is 10.6. The molecule has 6 heteroatoms. The summed E-state index contributed by atoms with van der Waals surface area (Å²) in [6, 6.07) is 5.40. The largest absolute Gasteiger partial charge is 0.494 e. The standard InChI is InChI=1S/C11H7BrCl3NO/c1-17-7-5-6(13)9(14)10(15)11(7)16-4-2-3-8(16)12/h2-5H,1H3. The van der Waals surface area contributed by atoms with Crippen LogP contribution in [0, 0.1) is 0 Å². The zero-order valence-electron chi connectivity index (χ0n) is 8.68. The number of hydrogen-bond donors (Lipinski definition) is 0. The first kappa shape index (κ1) is 13.1. The molecule has 1 aromatic heterocycles. The van der Waals surface area contributed by atoms with Crippen molar-refractivity contribution in [2.45, 2.75) is 0 Å². The van der Waals surface area contributed by atoms with E-state index in [2.05, 4.69) is 15.9 Å². The molecule has 0 aliphatic heterocycles. The van der Waals surface area contributed by atoms with Gasteiger partial charge < -0.3 is 9.30 Å². The molecule has 0 saturated carbocycles. The maximum atomic E-state index is 6.21. The van der Waals surface area contributed by atoms with Gasteiger partial charge in [-0.2, -0.15) is 0 Å². The van der Waals surface area contributed by atoms with Crippen LogP contribution in [0.4, 0.5) is 0 Å². The molecular formula is C11H7BrCl3NO. The van der Waals surface area contributed by atoms with Gasteiger partial charge in [-0.1, -0.05) is 34.8 Å². The third-order valence-corrected chi connectivity index (χ3v) is 4.16. The lowest BCUT2D eigenvalue weighted by Gasteiger charge is -2.14. The van der Waals surface area contributed by atoms with Gasteiger partial charge in [0.05, 0.1) is 26.8 Å². The van der Waals surface area contributed by atoms with Crippen molar-refractivity contribution >= 4 is 50.7 Å². The molecular weight excluding hydrogens is 348 g/mol. The van der Waals surface area contributed by atoms with Crippen molar-refractivity contribution in [3.05, 3.63) is 44.1 Å². The molecule has 2 aromatic rings. The van der Waals surface area contributed by atoms with Crippen LogP contribution in [0.1, 0.15) is 0 Å². The van der Waals surface area contributed by atoms with Crippen LogP contribution in [0.25, 0.3) is 5.69 Å². The molecule has 2 rings (SSSR count).